The molecular formula is C10H10Cl2N2O. The highest BCUT2D eigenvalue weighted by molar-refractivity contribution is 6.53. The first kappa shape index (κ1) is 13.8. The van der Waals surface area contributed by atoms with E-state index in [4.69, 9.17) is 29.6 Å². The molecule has 0 atom stereocenters. The maximum absolute atomic E-state index is 10.9. The molecule has 1 amide bonds. The standard InChI is InChI=1S/C10H10Cl2N2O/c1-3-6-13-8(4-2)5-7-14-10(15)9(11)12/h2-3,5-7,9H,1H3,(H,14,15)/b6-3-,7-5+,13-8-. The molecule has 0 aromatic heterocycles. The van der Waals surface area contributed by atoms with E-state index in [0.717, 1.165) is 0 Å². The highest BCUT2D eigenvalue weighted by atomic mass is 35.5. The number of terminal acetylenes is 1. The van der Waals surface area contributed by atoms with Gasteiger partial charge in [-0.1, -0.05) is 35.2 Å². The fourth-order valence-electron chi connectivity index (χ4n) is 0.549. The van der Waals surface area contributed by atoms with Crippen LogP contribution in [0.1, 0.15) is 6.92 Å². The summed E-state index contributed by atoms with van der Waals surface area (Å²) >= 11 is 10.6. The number of aliphatic imine (C=N–C) groups is 1. The third kappa shape index (κ3) is 6.78. The number of nitrogens with zero attached hydrogens (tertiary/aromatic N) is 1. The van der Waals surface area contributed by atoms with Crippen LogP contribution in [-0.2, 0) is 4.79 Å². The summed E-state index contributed by atoms with van der Waals surface area (Å²) in [6.45, 7) is 1.81. The lowest BCUT2D eigenvalue weighted by Gasteiger charge is -1.97. The molecule has 1 N–H and O–H groups in total. The second-order valence-electron chi connectivity index (χ2n) is 2.28. The van der Waals surface area contributed by atoms with Gasteiger partial charge in [0.15, 0.2) is 4.84 Å². The zero-order chi connectivity index (χ0) is 11.7. The minimum Gasteiger partial charge on any atom is -0.330 e. The fraction of sp³-hybridized carbons (Fsp3) is 0.200. The Balaban J connectivity index is 4.27. The van der Waals surface area contributed by atoms with E-state index in [2.05, 4.69) is 16.2 Å². The van der Waals surface area contributed by atoms with Crippen molar-refractivity contribution in [1.29, 1.82) is 0 Å². The number of allylic oxidation sites excluding steroid dienone is 2. The smallest absolute Gasteiger partial charge is 0.257 e. The minimum atomic E-state index is -1.10. The summed E-state index contributed by atoms with van der Waals surface area (Å²) in [4.78, 5) is 13.7. The normalized spacial score (nSPS) is 12.3. The van der Waals surface area contributed by atoms with Crippen molar-refractivity contribution in [3.63, 3.8) is 0 Å². The second-order valence-corrected chi connectivity index (χ2v) is 3.38. The topological polar surface area (TPSA) is 41.5 Å². The number of rotatable bonds is 4. The van der Waals surface area contributed by atoms with Crippen LogP contribution in [0, 0.1) is 12.3 Å². The molecule has 3 nitrogen and oxygen atoms in total. The van der Waals surface area contributed by atoms with Crippen LogP contribution in [0.3, 0.4) is 0 Å². The van der Waals surface area contributed by atoms with Gasteiger partial charge in [-0.3, -0.25) is 4.79 Å². The Morgan fingerprint density at radius 1 is 1.60 bits per heavy atom. The molecule has 15 heavy (non-hydrogen) atoms. The van der Waals surface area contributed by atoms with Gasteiger partial charge in [0.25, 0.3) is 5.91 Å². The molecule has 0 aromatic carbocycles. The van der Waals surface area contributed by atoms with Gasteiger partial charge in [0.2, 0.25) is 0 Å². The van der Waals surface area contributed by atoms with Crippen LogP contribution < -0.4 is 5.32 Å². The monoisotopic (exact) mass is 244 g/mol. The van der Waals surface area contributed by atoms with Gasteiger partial charge in [0.05, 0.1) is 0 Å². The number of carbonyl (C=O) groups excluding carboxylic acids is 1. The predicted molar refractivity (Wildman–Crippen MR) is 63.9 cm³/mol. The van der Waals surface area contributed by atoms with Gasteiger partial charge in [-0.05, 0) is 13.0 Å². The summed E-state index contributed by atoms with van der Waals surface area (Å²) in [5.41, 5.74) is 0.383. The lowest BCUT2D eigenvalue weighted by atomic mass is 10.4. The number of halogens is 2. The van der Waals surface area contributed by atoms with Gasteiger partial charge in [-0.25, -0.2) is 4.99 Å². The molecule has 0 fully saturated rings. The molecule has 0 spiro atoms. The third-order valence-corrected chi connectivity index (χ3v) is 1.57. The van der Waals surface area contributed by atoms with Crippen LogP contribution in [0.25, 0.3) is 0 Å². The van der Waals surface area contributed by atoms with E-state index in [0.29, 0.717) is 5.71 Å². The Hall–Kier alpha value is -1.24. The van der Waals surface area contributed by atoms with E-state index in [-0.39, 0.29) is 0 Å². The van der Waals surface area contributed by atoms with Gasteiger partial charge in [0.1, 0.15) is 5.71 Å². The zero-order valence-corrected chi connectivity index (χ0v) is 9.59. The Morgan fingerprint density at radius 2 is 2.27 bits per heavy atom. The van der Waals surface area contributed by atoms with Crippen LogP contribution in [0.2, 0.25) is 0 Å². The molecule has 0 aliphatic rings. The number of hydrogen-bond acceptors (Lipinski definition) is 2. The van der Waals surface area contributed by atoms with E-state index < -0.39 is 10.7 Å². The largest absolute Gasteiger partial charge is 0.330 e. The molecule has 0 saturated heterocycles. The van der Waals surface area contributed by atoms with Crippen LogP contribution >= 0.6 is 23.2 Å². The second kappa shape index (κ2) is 8.10. The van der Waals surface area contributed by atoms with Crippen molar-refractivity contribution in [2.45, 2.75) is 11.8 Å². The third-order valence-electron chi connectivity index (χ3n) is 1.18. The number of carbonyl (C=O) groups is 1. The summed E-state index contributed by atoms with van der Waals surface area (Å²) < 4.78 is 0. The molecular weight excluding hydrogens is 235 g/mol. The molecule has 0 heterocycles. The van der Waals surface area contributed by atoms with Crippen molar-refractivity contribution in [2.24, 2.45) is 4.99 Å². The van der Waals surface area contributed by atoms with Gasteiger partial charge in [0, 0.05) is 12.4 Å². The summed E-state index contributed by atoms with van der Waals surface area (Å²) in [6.07, 6.45) is 11.2. The predicted octanol–water partition coefficient (Wildman–Crippen LogP) is 2.03. The molecule has 0 bridgehead atoms. The summed E-state index contributed by atoms with van der Waals surface area (Å²) in [7, 11) is 0. The quantitative estimate of drug-likeness (QED) is 0.459. The van der Waals surface area contributed by atoms with E-state index >= 15 is 0 Å². The number of hydrogen-bond donors (Lipinski definition) is 1. The van der Waals surface area contributed by atoms with Crippen molar-refractivity contribution < 1.29 is 4.79 Å². The van der Waals surface area contributed by atoms with Gasteiger partial charge >= 0.3 is 0 Å². The SMILES string of the molecule is C#CC(/C=C/NC(=O)C(Cl)Cl)=N/C=C\C. The molecule has 0 aliphatic heterocycles. The Morgan fingerprint density at radius 3 is 2.73 bits per heavy atom. The molecule has 0 unspecified atom stereocenters. The first-order valence-corrected chi connectivity index (χ1v) is 4.89. The van der Waals surface area contributed by atoms with Crippen molar-refractivity contribution in [3.05, 3.63) is 24.6 Å². The van der Waals surface area contributed by atoms with Crippen molar-refractivity contribution in [1.82, 2.24) is 5.32 Å². The van der Waals surface area contributed by atoms with E-state index in [1.165, 1.54) is 12.3 Å². The minimum absolute atomic E-state index is 0.383. The average Bonchev–Trinajstić information content (AvgIpc) is 2.22. The lowest BCUT2D eigenvalue weighted by Crippen LogP contribution is -2.23. The van der Waals surface area contributed by atoms with E-state index in [1.807, 2.05) is 6.92 Å². The van der Waals surface area contributed by atoms with Crippen molar-refractivity contribution in [3.8, 4) is 12.3 Å². The maximum atomic E-state index is 10.9. The molecule has 0 radical (unpaired) electrons. The van der Waals surface area contributed by atoms with Gasteiger partial charge < -0.3 is 5.32 Å². The molecule has 0 rings (SSSR count). The Kier molecular flexibility index (Phi) is 7.43. The highest BCUT2D eigenvalue weighted by Crippen LogP contribution is 1.99. The van der Waals surface area contributed by atoms with Crippen LogP contribution in [0.4, 0.5) is 0 Å². The first-order chi connectivity index (χ1) is 7.11. The lowest BCUT2D eigenvalue weighted by molar-refractivity contribution is -0.118. The molecule has 0 aliphatic carbocycles. The molecule has 0 saturated carbocycles. The number of alkyl halides is 2. The summed E-state index contributed by atoms with van der Waals surface area (Å²) in [5, 5.41) is 2.34. The average molecular weight is 245 g/mol. The number of nitrogens with one attached hydrogen (secondary N) is 1. The molecule has 0 aromatic rings. The first-order valence-electron chi connectivity index (χ1n) is 4.02. The van der Waals surface area contributed by atoms with Crippen LogP contribution in [0.15, 0.2) is 29.5 Å². The van der Waals surface area contributed by atoms with Crippen molar-refractivity contribution >= 4 is 34.8 Å². The Bertz CT molecular complexity index is 338. The zero-order valence-electron chi connectivity index (χ0n) is 8.08. The van der Waals surface area contributed by atoms with Gasteiger partial charge in [-0.15, -0.1) is 6.42 Å². The summed E-state index contributed by atoms with van der Waals surface area (Å²) in [5.74, 6) is 1.82. The Labute approximate surface area is 98.9 Å². The van der Waals surface area contributed by atoms with Crippen LogP contribution in [0.5, 0.6) is 0 Å². The summed E-state index contributed by atoms with van der Waals surface area (Å²) in [6, 6.07) is 0. The maximum Gasteiger partial charge on any atom is 0.257 e. The van der Waals surface area contributed by atoms with Crippen LogP contribution in [-0.4, -0.2) is 16.5 Å². The van der Waals surface area contributed by atoms with Crippen molar-refractivity contribution in [2.75, 3.05) is 0 Å². The fourth-order valence-corrected chi connectivity index (χ4v) is 0.675. The number of amides is 1. The molecule has 80 valence electrons. The van der Waals surface area contributed by atoms with E-state index in [1.54, 1.807) is 12.3 Å². The highest BCUT2D eigenvalue weighted by Gasteiger charge is 2.07. The van der Waals surface area contributed by atoms with E-state index in [9.17, 15) is 4.79 Å². The van der Waals surface area contributed by atoms with Gasteiger partial charge in [-0.2, -0.15) is 0 Å². The molecule has 5 heteroatoms.